The molecule has 0 N–H and O–H groups in total. The summed E-state index contributed by atoms with van der Waals surface area (Å²) in [6.45, 7) is 1.94. The van der Waals surface area contributed by atoms with Crippen LogP contribution in [0.4, 0.5) is 8.78 Å². The number of hydrogen-bond acceptors (Lipinski definition) is 1. The molecule has 1 aliphatic rings. The summed E-state index contributed by atoms with van der Waals surface area (Å²) >= 11 is 0. The Labute approximate surface area is 148 Å². The lowest BCUT2D eigenvalue weighted by Crippen LogP contribution is -2.04. The highest BCUT2D eigenvalue weighted by Crippen LogP contribution is 2.35. The van der Waals surface area contributed by atoms with Crippen molar-refractivity contribution in [2.45, 2.75) is 51.4 Å². The SMILES string of the molecule is CC/C=C\Oc1ccc(-c2ccc(C3CCCCC3)cc2)c(F)c1F. The van der Waals surface area contributed by atoms with Crippen LogP contribution in [0.5, 0.6) is 5.75 Å². The van der Waals surface area contributed by atoms with Crippen molar-refractivity contribution in [1.29, 1.82) is 0 Å². The molecule has 1 nitrogen and oxygen atoms in total. The molecular weight excluding hydrogens is 318 g/mol. The molecule has 1 aliphatic carbocycles. The fourth-order valence-corrected chi connectivity index (χ4v) is 3.43. The highest BCUT2D eigenvalue weighted by atomic mass is 19.2. The first-order valence-electron chi connectivity index (χ1n) is 9.10. The summed E-state index contributed by atoms with van der Waals surface area (Å²) in [5.74, 6) is -1.31. The normalized spacial score (nSPS) is 15.6. The number of ether oxygens (including phenoxy) is 1. The Morgan fingerprint density at radius 3 is 2.36 bits per heavy atom. The molecule has 1 fully saturated rings. The van der Waals surface area contributed by atoms with Gasteiger partial charge < -0.3 is 4.74 Å². The Morgan fingerprint density at radius 1 is 0.960 bits per heavy atom. The number of benzene rings is 2. The zero-order valence-electron chi connectivity index (χ0n) is 14.6. The zero-order valence-corrected chi connectivity index (χ0v) is 14.6. The Hall–Kier alpha value is -2.16. The predicted molar refractivity (Wildman–Crippen MR) is 97.7 cm³/mol. The zero-order chi connectivity index (χ0) is 17.6. The number of halogens is 2. The van der Waals surface area contributed by atoms with Crippen molar-refractivity contribution in [3.8, 4) is 16.9 Å². The Kier molecular flexibility index (Phi) is 5.85. The van der Waals surface area contributed by atoms with Crippen molar-refractivity contribution in [2.24, 2.45) is 0 Å². The van der Waals surface area contributed by atoms with Crippen LogP contribution >= 0.6 is 0 Å². The van der Waals surface area contributed by atoms with Gasteiger partial charge in [0.05, 0.1) is 6.26 Å². The van der Waals surface area contributed by atoms with E-state index in [9.17, 15) is 8.78 Å². The topological polar surface area (TPSA) is 9.23 Å². The fraction of sp³-hybridized carbons (Fsp3) is 0.364. The third-order valence-electron chi connectivity index (χ3n) is 4.87. The van der Waals surface area contributed by atoms with Gasteiger partial charge in [0.1, 0.15) is 0 Å². The monoisotopic (exact) mass is 342 g/mol. The van der Waals surface area contributed by atoms with Gasteiger partial charge in [0.25, 0.3) is 0 Å². The van der Waals surface area contributed by atoms with Crippen LogP contribution < -0.4 is 4.74 Å². The van der Waals surface area contributed by atoms with E-state index in [4.69, 9.17) is 4.74 Å². The van der Waals surface area contributed by atoms with Crippen LogP contribution in [0, 0.1) is 11.6 Å². The van der Waals surface area contributed by atoms with E-state index in [1.165, 1.54) is 50.0 Å². The van der Waals surface area contributed by atoms with Crippen LogP contribution in [-0.4, -0.2) is 0 Å². The molecule has 0 atom stereocenters. The van der Waals surface area contributed by atoms with E-state index in [1.807, 2.05) is 19.1 Å². The van der Waals surface area contributed by atoms with Crippen LogP contribution in [0.3, 0.4) is 0 Å². The van der Waals surface area contributed by atoms with Crippen LogP contribution in [-0.2, 0) is 0 Å². The van der Waals surface area contributed by atoms with E-state index in [-0.39, 0.29) is 11.3 Å². The second-order valence-corrected chi connectivity index (χ2v) is 6.59. The van der Waals surface area contributed by atoms with E-state index in [0.29, 0.717) is 11.5 Å². The summed E-state index contributed by atoms with van der Waals surface area (Å²) in [5.41, 5.74) is 2.25. The molecule has 3 rings (SSSR count). The lowest BCUT2D eigenvalue weighted by atomic mass is 9.83. The maximum absolute atomic E-state index is 14.4. The molecule has 0 heterocycles. The molecule has 2 aromatic carbocycles. The first-order chi connectivity index (χ1) is 12.2. The fourth-order valence-electron chi connectivity index (χ4n) is 3.43. The molecule has 0 amide bonds. The molecule has 1 saturated carbocycles. The minimum Gasteiger partial charge on any atom is -0.462 e. The van der Waals surface area contributed by atoms with Gasteiger partial charge >= 0.3 is 0 Å². The van der Waals surface area contributed by atoms with Gasteiger partial charge in [-0.3, -0.25) is 0 Å². The molecule has 0 radical (unpaired) electrons. The van der Waals surface area contributed by atoms with E-state index < -0.39 is 11.6 Å². The minimum absolute atomic E-state index is 0.0928. The second-order valence-electron chi connectivity index (χ2n) is 6.59. The number of rotatable bonds is 5. The predicted octanol–water partition coefficient (Wildman–Crippen LogP) is 6.98. The van der Waals surface area contributed by atoms with Crippen molar-refractivity contribution < 1.29 is 13.5 Å². The van der Waals surface area contributed by atoms with Crippen molar-refractivity contribution >= 4 is 0 Å². The van der Waals surface area contributed by atoms with Crippen LogP contribution in [0.15, 0.2) is 48.7 Å². The summed E-state index contributed by atoms with van der Waals surface area (Å²) in [6.07, 6.45) is 10.2. The number of hydrogen-bond donors (Lipinski definition) is 0. The third kappa shape index (κ3) is 4.09. The maximum atomic E-state index is 14.4. The van der Waals surface area contributed by atoms with Crippen molar-refractivity contribution in [3.63, 3.8) is 0 Å². The summed E-state index contributed by atoms with van der Waals surface area (Å²) in [7, 11) is 0. The molecule has 25 heavy (non-hydrogen) atoms. The van der Waals surface area contributed by atoms with E-state index in [0.717, 1.165) is 6.42 Å². The Morgan fingerprint density at radius 2 is 1.68 bits per heavy atom. The molecule has 0 aromatic heterocycles. The largest absolute Gasteiger partial charge is 0.462 e. The average Bonchev–Trinajstić information content (AvgIpc) is 2.66. The van der Waals surface area contributed by atoms with E-state index in [1.54, 1.807) is 12.1 Å². The lowest BCUT2D eigenvalue weighted by molar-refractivity contribution is 0.415. The van der Waals surface area contributed by atoms with Gasteiger partial charge in [0.2, 0.25) is 5.82 Å². The molecule has 3 heteroatoms. The molecule has 0 saturated heterocycles. The van der Waals surface area contributed by atoms with Crippen molar-refractivity contribution in [3.05, 3.63) is 65.9 Å². The molecule has 0 aliphatic heterocycles. The Bertz CT molecular complexity index is 728. The molecule has 0 spiro atoms. The minimum atomic E-state index is -0.949. The van der Waals surface area contributed by atoms with Crippen LogP contribution in [0.2, 0.25) is 0 Å². The maximum Gasteiger partial charge on any atom is 0.201 e. The second kappa shape index (κ2) is 8.28. The molecule has 0 unspecified atom stereocenters. The van der Waals surface area contributed by atoms with Gasteiger partial charge in [0.15, 0.2) is 11.6 Å². The van der Waals surface area contributed by atoms with Crippen LogP contribution in [0.25, 0.3) is 11.1 Å². The average molecular weight is 342 g/mol. The van der Waals surface area contributed by atoms with Gasteiger partial charge in [-0.2, -0.15) is 4.39 Å². The van der Waals surface area contributed by atoms with Gasteiger partial charge in [-0.15, -0.1) is 0 Å². The first-order valence-corrected chi connectivity index (χ1v) is 9.10. The van der Waals surface area contributed by atoms with Gasteiger partial charge in [-0.25, -0.2) is 4.39 Å². The summed E-state index contributed by atoms with van der Waals surface area (Å²) in [4.78, 5) is 0. The molecular formula is C22H24F2O. The van der Waals surface area contributed by atoms with E-state index in [2.05, 4.69) is 12.1 Å². The van der Waals surface area contributed by atoms with Crippen LogP contribution in [0.1, 0.15) is 56.9 Å². The molecule has 2 aromatic rings. The summed E-state index contributed by atoms with van der Waals surface area (Å²) in [5, 5.41) is 0. The van der Waals surface area contributed by atoms with E-state index >= 15 is 0 Å². The summed E-state index contributed by atoms with van der Waals surface area (Å²) < 4.78 is 33.8. The smallest absolute Gasteiger partial charge is 0.201 e. The quantitative estimate of drug-likeness (QED) is 0.532. The van der Waals surface area contributed by atoms with Gasteiger partial charge in [-0.05, 0) is 54.5 Å². The number of allylic oxidation sites excluding steroid dienone is 1. The Balaban J connectivity index is 1.81. The standard InChI is InChI=1S/C22H24F2O/c1-2-3-15-25-20-14-13-19(21(23)22(20)24)18-11-9-17(10-12-18)16-7-5-4-6-8-16/h3,9-16H,2,4-8H2,1H3/b15-3-. The molecule has 132 valence electrons. The van der Waals surface area contributed by atoms with Crippen molar-refractivity contribution in [2.75, 3.05) is 0 Å². The lowest BCUT2D eigenvalue weighted by Gasteiger charge is -2.22. The van der Waals surface area contributed by atoms with Gasteiger partial charge in [0, 0.05) is 5.56 Å². The van der Waals surface area contributed by atoms with Crippen molar-refractivity contribution in [1.82, 2.24) is 0 Å². The molecule has 0 bridgehead atoms. The first kappa shape index (κ1) is 17.7. The highest BCUT2D eigenvalue weighted by Gasteiger charge is 2.18. The van der Waals surface area contributed by atoms with Gasteiger partial charge in [-0.1, -0.05) is 50.5 Å². The highest BCUT2D eigenvalue weighted by molar-refractivity contribution is 5.65. The summed E-state index contributed by atoms with van der Waals surface area (Å²) in [6, 6.07) is 10.9. The third-order valence-corrected chi connectivity index (χ3v) is 4.87.